The highest BCUT2D eigenvalue weighted by molar-refractivity contribution is 7.45. The topological polar surface area (TPSA) is 130 Å². The molecule has 6 nitrogen and oxygen atoms in total. The van der Waals surface area contributed by atoms with Crippen molar-refractivity contribution in [2.75, 3.05) is 11.5 Å². The van der Waals surface area contributed by atoms with E-state index in [0.717, 1.165) is 11.4 Å². The fraction of sp³-hybridized carbons (Fsp3) is 0.250. The van der Waals surface area contributed by atoms with Crippen molar-refractivity contribution in [2.45, 2.75) is 27.7 Å². The van der Waals surface area contributed by atoms with Crippen LogP contribution in [0, 0.1) is 27.7 Å². The van der Waals surface area contributed by atoms with Crippen LogP contribution in [0.1, 0.15) is 22.3 Å². The average molecular weight is 338 g/mol. The lowest BCUT2D eigenvalue weighted by Crippen LogP contribution is -2.02. The summed E-state index contributed by atoms with van der Waals surface area (Å²) in [5.41, 5.74) is 20.9. The summed E-state index contributed by atoms with van der Waals surface area (Å²) >= 11 is 0. The Morgan fingerprint density at radius 2 is 1.13 bits per heavy atom. The van der Waals surface area contributed by atoms with Crippen molar-refractivity contribution in [3.05, 3.63) is 46.5 Å². The van der Waals surface area contributed by atoms with Crippen LogP contribution < -0.4 is 11.5 Å². The zero-order valence-electron chi connectivity index (χ0n) is 13.7. The van der Waals surface area contributed by atoms with Crippen LogP contribution in [0.4, 0.5) is 11.4 Å². The summed E-state index contributed by atoms with van der Waals surface area (Å²) < 4.78 is 8.88. The Morgan fingerprint density at radius 3 is 1.48 bits per heavy atom. The SMILES string of the molecule is Cc1c(C)c(-c2ccc(N)cc2)c(C)c(C)c1N.O=P(O)(O)O. The zero-order valence-corrected chi connectivity index (χ0v) is 14.6. The van der Waals surface area contributed by atoms with Gasteiger partial charge in [-0.2, -0.15) is 0 Å². The van der Waals surface area contributed by atoms with Gasteiger partial charge in [-0.05, 0) is 73.2 Å². The third-order valence-electron chi connectivity index (χ3n) is 3.88. The first-order chi connectivity index (χ1) is 10.4. The van der Waals surface area contributed by atoms with Crippen molar-refractivity contribution in [3.63, 3.8) is 0 Å². The number of nitrogens with two attached hydrogens (primary N) is 2. The highest BCUT2D eigenvalue weighted by Gasteiger charge is 2.13. The Hall–Kier alpha value is -1.85. The van der Waals surface area contributed by atoms with Gasteiger partial charge in [0.1, 0.15) is 0 Å². The van der Waals surface area contributed by atoms with E-state index in [1.165, 1.54) is 33.4 Å². The average Bonchev–Trinajstić information content (AvgIpc) is 2.43. The molecule has 0 atom stereocenters. The minimum atomic E-state index is -4.64. The van der Waals surface area contributed by atoms with E-state index >= 15 is 0 Å². The van der Waals surface area contributed by atoms with Crippen molar-refractivity contribution in [3.8, 4) is 11.1 Å². The number of hydrogen-bond acceptors (Lipinski definition) is 3. The van der Waals surface area contributed by atoms with Crippen LogP contribution in [0.15, 0.2) is 24.3 Å². The molecule has 0 aliphatic rings. The maximum absolute atomic E-state index is 8.88. The van der Waals surface area contributed by atoms with Gasteiger partial charge < -0.3 is 26.1 Å². The number of rotatable bonds is 1. The Balaban J connectivity index is 0.000000463. The summed E-state index contributed by atoms with van der Waals surface area (Å²) in [5, 5.41) is 0. The normalized spacial score (nSPS) is 10.9. The smallest absolute Gasteiger partial charge is 0.399 e. The molecule has 23 heavy (non-hydrogen) atoms. The molecule has 0 fully saturated rings. The van der Waals surface area contributed by atoms with Crippen LogP contribution in [0.2, 0.25) is 0 Å². The number of nitrogen functional groups attached to an aromatic ring is 2. The molecule has 0 aliphatic carbocycles. The molecule has 0 spiro atoms. The van der Waals surface area contributed by atoms with E-state index in [1.807, 2.05) is 12.1 Å². The number of phosphoric acid groups is 1. The van der Waals surface area contributed by atoms with Gasteiger partial charge in [0.2, 0.25) is 0 Å². The van der Waals surface area contributed by atoms with Gasteiger partial charge in [-0.25, -0.2) is 4.57 Å². The summed E-state index contributed by atoms with van der Waals surface area (Å²) in [6.45, 7) is 8.42. The summed E-state index contributed by atoms with van der Waals surface area (Å²) in [6, 6.07) is 8.02. The van der Waals surface area contributed by atoms with Crippen molar-refractivity contribution in [1.82, 2.24) is 0 Å². The Labute approximate surface area is 136 Å². The van der Waals surface area contributed by atoms with Crippen LogP contribution in [0.5, 0.6) is 0 Å². The monoisotopic (exact) mass is 338 g/mol. The lowest BCUT2D eigenvalue weighted by Gasteiger charge is -2.18. The van der Waals surface area contributed by atoms with Gasteiger partial charge in [0.05, 0.1) is 0 Å². The molecule has 7 N–H and O–H groups in total. The molecule has 0 aromatic heterocycles. The molecular formula is C16H23N2O4P. The van der Waals surface area contributed by atoms with E-state index in [-0.39, 0.29) is 0 Å². The van der Waals surface area contributed by atoms with Crippen molar-refractivity contribution < 1.29 is 19.2 Å². The first-order valence-electron chi connectivity index (χ1n) is 6.93. The molecule has 0 bridgehead atoms. The molecule has 0 saturated heterocycles. The zero-order chi connectivity index (χ0) is 17.9. The summed E-state index contributed by atoms with van der Waals surface area (Å²) in [7, 11) is -4.64. The third-order valence-corrected chi connectivity index (χ3v) is 3.88. The van der Waals surface area contributed by atoms with Gasteiger partial charge in [0.15, 0.2) is 0 Å². The highest BCUT2D eigenvalue weighted by atomic mass is 31.2. The Bertz CT molecular complexity index is 714. The third kappa shape index (κ3) is 5.08. The van der Waals surface area contributed by atoms with Crippen LogP contribution in [0.3, 0.4) is 0 Å². The minimum Gasteiger partial charge on any atom is -0.399 e. The van der Waals surface area contributed by atoms with E-state index in [2.05, 4.69) is 39.8 Å². The van der Waals surface area contributed by atoms with E-state index in [1.54, 1.807) is 0 Å². The predicted molar refractivity (Wildman–Crippen MR) is 93.9 cm³/mol. The molecule has 0 aliphatic heterocycles. The van der Waals surface area contributed by atoms with Gasteiger partial charge >= 0.3 is 7.82 Å². The lowest BCUT2D eigenvalue weighted by molar-refractivity contribution is 0.275. The highest BCUT2D eigenvalue weighted by Crippen LogP contribution is 2.35. The second-order valence-corrected chi connectivity index (χ2v) is 6.45. The van der Waals surface area contributed by atoms with E-state index in [9.17, 15) is 0 Å². The molecule has 0 amide bonds. The summed E-state index contributed by atoms with van der Waals surface area (Å²) in [6.07, 6.45) is 0. The maximum Gasteiger partial charge on any atom is 0.466 e. The predicted octanol–water partition coefficient (Wildman–Crippen LogP) is 2.82. The molecule has 0 radical (unpaired) electrons. The molecule has 2 aromatic carbocycles. The molecule has 7 heteroatoms. The maximum atomic E-state index is 8.88. The van der Waals surface area contributed by atoms with Gasteiger partial charge in [0, 0.05) is 11.4 Å². The largest absolute Gasteiger partial charge is 0.466 e. The van der Waals surface area contributed by atoms with Crippen molar-refractivity contribution in [2.24, 2.45) is 0 Å². The first kappa shape index (κ1) is 19.2. The van der Waals surface area contributed by atoms with Gasteiger partial charge in [-0.3, -0.25) is 0 Å². The summed E-state index contributed by atoms with van der Waals surface area (Å²) in [4.78, 5) is 21.6. The Morgan fingerprint density at radius 1 is 0.783 bits per heavy atom. The van der Waals surface area contributed by atoms with Crippen LogP contribution >= 0.6 is 7.82 Å². The fourth-order valence-corrected chi connectivity index (χ4v) is 2.42. The van der Waals surface area contributed by atoms with E-state index < -0.39 is 7.82 Å². The summed E-state index contributed by atoms with van der Waals surface area (Å²) in [5.74, 6) is 0. The fourth-order valence-electron chi connectivity index (χ4n) is 2.42. The lowest BCUT2D eigenvalue weighted by atomic mass is 9.88. The second-order valence-electron chi connectivity index (χ2n) is 5.42. The standard InChI is InChI=1S/C16H20N2.H3O4P/c1-9-11(3)16(18)12(4)10(2)15(9)13-5-7-14(17)8-6-13;1-5(2,3)4/h5-8H,17-18H2,1-4H3;(H3,1,2,3,4). The van der Waals surface area contributed by atoms with Crippen LogP contribution in [-0.2, 0) is 4.57 Å². The molecule has 126 valence electrons. The van der Waals surface area contributed by atoms with Crippen LogP contribution in [-0.4, -0.2) is 14.7 Å². The molecule has 2 rings (SSSR count). The molecule has 0 heterocycles. The van der Waals surface area contributed by atoms with Crippen LogP contribution in [0.25, 0.3) is 11.1 Å². The Kier molecular flexibility index (Phi) is 5.97. The molecule has 0 unspecified atom stereocenters. The van der Waals surface area contributed by atoms with E-state index in [4.69, 9.17) is 30.7 Å². The van der Waals surface area contributed by atoms with Gasteiger partial charge in [0.25, 0.3) is 0 Å². The van der Waals surface area contributed by atoms with E-state index in [0.29, 0.717) is 0 Å². The number of hydrogen-bond donors (Lipinski definition) is 5. The number of anilines is 2. The first-order valence-corrected chi connectivity index (χ1v) is 8.50. The van der Waals surface area contributed by atoms with Crippen molar-refractivity contribution >= 4 is 19.2 Å². The second kappa shape index (κ2) is 7.15. The van der Waals surface area contributed by atoms with Crippen molar-refractivity contribution in [1.29, 1.82) is 0 Å². The molecular weight excluding hydrogens is 315 g/mol. The van der Waals surface area contributed by atoms with Gasteiger partial charge in [-0.1, -0.05) is 12.1 Å². The quantitative estimate of drug-likeness (QED) is 0.401. The number of benzene rings is 2. The van der Waals surface area contributed by atoms with Gasteiger partial charge in [-0.15, -0.1) is 0 Å². The minimum absolute atomic E-state index is 0.790. The molecule has 0 saturated carbocycles. The molecule has 2 aromatic rings.